The monoisotopic (exact) mass is 604 g/mol. The summed E-state index contributed by atoms with van der Waals surface area (Å²) >= 11 is 2.25. The van der Waals surface area contributed by atoms with E-state index in [1.807, 2.05) is 23.0 Å². The highest BCUT2D eigenvalue weighted by atomic mass is 127. The first-order valence-electron chi connectivity index (χ1n) is 12.9. The molecule has 6 rings (SSSR count). The quantitative estimate of drug-likeness (QED) is 0.418. The lowest BCUT2D eigenvalue weighted by atomic mass is 9.75. The van der Waals surface area contributed by atoms with E-state index in [-0.39, 0.29) is 17.9 Å². The van der Waals surface area contributed by atoms with Gasteiger partial charge in [0.2, 0.25) is 0 Å². The van der Waals surface area contributed by atoms with Crippen molar-refractivity contribution in [2.45, 2.75) is 57.5 Å². The smallest absolute Gasteiger partial charge is 0.182 e. The van der Waals surface area contributed by atoms with Gasteiger partial charge in [-0.3, -0.25) is 5.32 Å². The summed E-state index contributed by atoms with van der Waals surface area (Å²) in [7, 11) is 1.69. The first kappa shape index (κ1) is 24.3. The Hall–Kier alpha value is -2.02. The maximum absolute atomic E-state index is 6.19. The Kier molecular flexibility index (Phi) is 7.02. The molecule has 1 spiro atoms. The zero-order valence-corrected chi connectivity index (χ0v) is 22.8. The molecule has 192 valence electrons. The molecule has 3 aromatic rings. The number of ether oxygens (including phenoxy) is 3. The fraction of sp³-hybridized carbons (Fsp3) is 0.577. The maximum atomic E-state index is 6.19. The van der Waals surface area contributed by atoms with Gasteiger partial charge in [-0.15, -0.1) is 0 Å². The van der Waals surface area contributed by atoms with Gasteiger partial charge in [0.25, 0.3) is 0 Å². The summed E-state index contributed by atoms with van der Waals surface area (Å²) in [4.78, 5) is 12.2. The molecule has 9 nitrogen and oxygen atoms in total. The van der Waals surface area contributed by atoms with Crippen LogP contribution in [-0.2, 0) is 16.0 Å². The Labute approximate surface area is 225 Å². The largest absolute Gasteiger partial charge is 0.497 e. The predicted molar refractivity (Wildman–Crippen MR) is 145 cm³/mol. The van der Waals surface area contributed by atoms with Gasteiger partial charge in [0, 0.05) is 38.3 Å². The Morgan fingerprint density at radius 2 is 1.94 bits per heavy atom. The third-order valence-corrected chi connectivity index (χ3v) is 8.68. The van der Waals surface area contributed by atoms with Gasteiger partial charge in [-0.1, -0.05) is 12.1 Å². The highest BCUT2D eigenvalue weighted by Gasteiger charge is 2.46. The summed E-state index contributed by atoms with van der Waals surface area (Å²) in [5.41, 5.74) is 3.07. The van der Waals surface area contributed by atoms with Crippen molar-refractivity contribution in [1.82, 2.24) is 25.1 Å². The van der Waals surface area contributed by atoms with Gasteiger partial charge >= 0.3 is 0 Å². The van der Waals surface area contributed by atoms with Crippen LogP contribution >= 0.6 is 22.6 Å². The van der Waals surface area contributed by atoms with Crippen LogP contribution in [-0.4, -0.2) is 59.4 Å². The zero-order chi connectivity index (χ0) is 24.5. The molecule has 1 N–H and O–H groups in total. The van der Waals surface area contributed by atoms with E-state index < -0.39 is 0 Å². The number of hydrogen-bond acceptors (Lipinski definition) is 8. The zero-order valence-electron chi connectivity index (χ0n) is 20.7. The Balaban J connectivity index is 1.13. The van der Waals surface area contributed by atoms with Gasteiger partial charge in [0.1, 0.15) is 23.3 Å². The van der Waals surface area contributed by atoms with Gasteiger partial charge in [0.15, 0.2) is 15.6 Å². The van der Waals surface area contributed by atoms with Gasteiger partial charge in [-0.05, 0) is 78.8 Å². The molecule has 0 saturated carbocycles. The number of halogens is 1. The van der Waals surface area contributed by atoms with Crippen molar-refractivity contribution in [1.29, 1.82) is 0 Å². The van der Waals surface area contributed by atoms with Crippen LogP contribution in [0.2, 0.25) is 0 Å². The molecule has 3 fully saturated rings. The van der Waals surface area contributed by atoms with Crippen LogP contribution in [0, 0.1) is 9.12 Å². The van der Waals surface area contributed by atoms with Crippen molar-refractivity contribution in [3.63, 3.8) is 0 Å². The molecule has 10 heteroatoms. The molecule has 3 saturated heterocycles. The second-order valence-electron chi connectivity index (χ2n) is 10.0. The van der Waals surface area contributed by atoms with Crippen LogP contribution < -0.4 is 15.0 Å². The van der Waals surface area contributed by atoms with Crippen LogP contribution in [0.1, 0.15) is 50.3 Å². The second kappa shape index (κ2) is 10.4. The number of aromatic nitrogens is 4. The molecule has 5 heterocycles. The Morgan fingerprint density at radius 3 is 2.69 bits per heavy atom. The van der Waals surface area contributed by atoms with Crippen molar-refractivity contribution in [2.24, 2.45) is 5.41 Å². The summed E-state index contributed by atoms with van der Waals surface area (Å²) in [6.45, 7) is 4.25. The lowest BCUT2D eigenvalue weighted by Crippen LogP contribution is -2.49. The van der Waals surface area contributed by atoms with Crippen molar-refractivity contribution in [3.8, 4) is 5.75 Å². The van der Waals surface area contributed by atoms with Gasteiger partial charge in [-0.25, -0.2) is 14.6 Å². The summed E-state index contributed by atoms with van der Waals surface area (Å²) in [6.07, 6.45) is 8.38. The SMILES string of the molecule is COc1ccc(CNC2OCCC23CCN(c2cnc4c(I)nn(C5CCCCO5)c4n2)CC3)cc1. The fourth-order valence-corrected chi connectivity index (χ4v) is 6.36. The number of fused-ring (bicyclic) bond motifs is 1. The molecule has 3 aliphatic rings. The van der Waals surface area contributed by atoms with E-state index in [2.05, 4.69) is 44.9 Å². The Bertz CT molecular complexity index is 1190. The van der Waals surface area contributed by atoms with Crippen LogP contribution in [0.5, 0.6) is 5.75 Å². The highest BCUT2D eigenvalue weighted by molar-refractivity contribution is 14.1. The van der Waals surface area contributed by atoms with E-state index in [0.29, 0.717) is 0 Å². The van der Waals surface area contributed by atoms with Crippen molar-refractivity contribution < 1.29 is 14.2 Å². The number of anilines is 1. The lowest BCUT2D eigenvalue weighted by molar-refractivity contribution is -0.0372. The number of nitrogens with one attached hydrogen (secondary N) is 1. The summed E-state index contributed by atoms with van der Waals surface area (Å²) in [6, 6.07) is 8.22. The molecule has 2 atom stereocenters. The Morgan fingerprint density at radius 1 is 1.11 bits per heavy atom. The van der Waals surface area contributed by atoms with Crippen LogP contribution in [0.15, 0.2) is 30.5 Å². The normalized spacial score (nSPS) is 24.0. The number of methoxy groups -OCH3 is 1. The van der Waals surface area contributed by atoms with Crippen molar-refractivity contribution in [2.75, 3.05) is 38.3 Å². The molecule has 2 aromatic heterocycles. The third-order valence-electron chi connectivity index (χ3n) is 7.95. The van der Waals surface area contributed by atoms with Gasteiger partial charge < -0.3 is 19.1 Å². The average molecular weight is 604 g/mol. The second-order valence-corrected chi connectivity index (χ2v) is 11.1. The molecule has 0 radical (unpaired) electrons. The molecular formula is C26H33IN6O3. The third kappa shape index (κ3) is 4.68. The van der Waals surface area contributed by atoms with E-state index in [1.165, 1.54) is 5.56 Å². The molecule has 0 aliphatic carbocycles. The lowest BCUT2D eigenvalue weighted by Gasteiger charge is -2.42. The number of hydrogen-bond donors (Lipinski definition) is 1. The molecule has 2 unspecified atom stereocenters. The number of nitrogens with zero attached hydrogens (tertiary/aromatic N) is 5. The first-order chi connectivity index (χ1) is 17.6. The van der Waals surface area contributed by atoms with Crippen LogP contribution in [0.4, 0.5) is 5.82 Å². The van der Waals surface area contributed by atoms with E-state index in [1.54, 1.807) is 7.11 Å². The van der Waals surface area contributed by atoms with E-state index in [4.69, 9.17) is 29.3 Å². The topological polar surface area (TPSA) is 86.6 Å². The van der Waals surface area contributed by atoms with Crippen LogP contribution in [0.25, 0.3) is 11.2 Å². The van der Waals surface area contributed by atoms with E-state index in [9.17, 15) is 0 Å². The van der Waals surface area contributed by atoms with Crippen molar-refractivity contribution >= 4 is 39.6 Å². The van der Waals surface area contributed by atoms with E-state index >= 15 is 0 Å². The molecule has 0 bridgehead atoms. The summed E-state index contributed by atoms with van der Waals surface area (Å²) < 4.78 is 20.3. The molecule has 36 heavy (non-hydrogen) atoms. The molecule has 3 aliphatic heterocycles. The number of rotatable bonds is 6. The van der Waals surface area contributed by atoms with E-state index in [0.717, 1.165) is 97.8 Å². The van der Waals surface area contributed by atoms with Crippen molar-refractivity contribution in [3.05, 3.63) is 39.7 Å². The number of piperidine rings is 1. The highest BCUT2D eigenvalue weighted by Crippen LogP contribution is 2.44. The molecule has 0 amide bonds. The number of benzene rings is 1. The minimum Gasteiger partial charge on any atom is -0.497 e. The fourth-order valence-electron chi connectivity index (χ4n) is 5.75. The standard InChI is InChI=1S/C26H33IN6O3/c1-34-19-7-5-18(6-8-19)16-29-25-26(11-15-36-25)9-12-32(13-10-26)20-17-28-22-23(27)31-33(24(22)30-20)21-4-2-3-14-35-21/h5-8,17,21,25,29H,2-4,9-16H2,1H3. The minimum absolute atomic E-state index is 0.0490. The van der Waals surface area contributed by atoms with Crippen LogP contribution in [0.3, 0.4) is 0 Å². The minimum atomic E-state index is -0.0490. The predicted octanol–water partition coefficient (Wildman–Crippen LogP) is 4.26. The summed E-state index contributed by atoms with van der Waals surface area (Å²) in [5.74, 6) is 1.80. The van der Waals surface area contributed by atoms with Gasteiger partial charge in [-0.2, -0.15) is 5.10 Å². The molecular weight excluding hydrogens is 571 g/mol. The molecule has 1 aromatic carbocycles. The van der Waals surface area contributed by atoms with Gasteiger partial charge in [0.05, 0.1) is 13.3 Å². The maximum Gasteiger partial charge on any atom is 0.182 e. The first-order valence-corrected chi connectivity index (χ1v) is 14.0. The average Bonchev–Trinajstić information content (AvgIpc) is 3.48. The summed E-state index contributed by atoms with van der Waals surface area (Å²) in [5, 5.41) is 8.41.